The minimum atomic E-state index is -0.557. The Kier molecular flexibility index (Phi) is 3.23. The molecule has 1 fully saturated rings. The number of nitrogens with two attached hydrogens (primary N) is 1. The number of hydrogen-bond acceptors (Lipinski definition) is 5. The van der Waals surface area contributed by atoms with Crippen LogP contribution in [0.4, 0.5) is 5.82 Å². The Morgan fingerprint density at radius 2 is 2.06 bits per heavy atom. The summed E-state index contributed by atoms with van der Waals surface area (Å²) in [6.07, 6.45) is 4.97. The molecule has 0 aromatic carbocycles. The van der Waals surface area contributed by atoms with Crippen LogP contribution in [0.5, 0.6) is 0 Å². The lowest BCUT2D eigenvalue weighted by Crippen LogP contribution is -2.45. The molecule has 1 aromatic heterocycles. The molecule has 0 atom stereocenters. The Bertz CT molecular complexity index is 414. The summed E-state index contributed by atoms with van der Waals surface area (Å²) >= 11 is 0. The molecule has 2 rings (SSSR count). The Morgan fingerprint density at radius 1 is 1.41 bits per heavy atom. The number of aromatic nitrogens is 2. The number of piperidine rings is 1. The van der Waals surface area contributed by atoms with Gasteiger partial charge in [0.15, 0.2) is 11.5 Å². The predicted octanol–water partition coefficient (Wildman–Crippen LogP) is 0.129. The Hall–Kier alpha value is -1.69. The zero-order chi connectivity index (χ0) is 12.3. The van der Waals surface area contributed by atoms with E-state index in [4.69, 9.17) is 5.73 Å². The molecule has 0 unspecified atom stereocenters. The second-order valence-electron chi connectivity index (χ2n) is 4.55. The van der Waals surface area contributed by atoms with Crippen molar-refractivity contribution in [2.75, 3.05) is 18.4 Å². The zero-order valence-electron chi connectivity index (χ0n) is 9.86. The fourth-order valence-electron chi connectivity index (χ4n) is 2.00. The van der Waals surface area contributed by atoms with E-state index in [-0.39, 0.29) is 11.2 Å². The van der Waals surface area contributed by atoms with Crippen LogP contribution in [0, 0.1) is 0 Å². The Morgan fingerprint density at radius 3 is 2.71 bits per heavy atom. The summed E-state index contributed by atoms with van der Waals surface area (Å²) in [5, 5.41) is 6.59. The first-order chi connectivity index (χ1) is 8.11. The average molecular weight is 235 g/mol. The SMILES string of the molecule is CC1(Nc2nccnc2C(N)=O)CCNCC1. The second-order valence-corrected chi connectivity index (χ2v) is 4.55. The van der Waals surface area contributed by atoms with Crippen molar-refractivity contribution >= 4 is 11.7 Å². The molecule has 1 aliphatic heterocycles. The quantitative estimate of drug-likeness (QED) is 0.692. The van der Waals surface area contributed by atoms with Crippen molar-refractivity contribution in [2.24, 2.45) is 5.73 Å². The summed E-state index contributed by atoms with van der Waals surface area (Å²) < 4.78 is 0. The number of amides is 1. The third-order valence-electron chi connectivity index (χ3n) is 3.06. The summed E-state index contributed by atoms with van der Waals surface area (Å²) in [6, 6.07) is 0. The highest BCUT2D eigenvalue weighted by Crippen LogP contribution is 2.23. The van der Waals surface area contributed by atoms with Crippen molar-refractivity contribution in [3.63, 3.8) is 0 Å². The number of rotatable bonds is 3. The summed E-state index contributed by atoms with van der Waals surface area (Å²) in [6.45, 7) is 4.03. The van der Waals surface area contributed by atoms with Crippen LogP contribution in [0.1, 0.15) is 30.3 Å². The van der Waals surface area contributed by atoms with Crippen molar-refractivity contribution in [1.29, 1.82) is 0 Å². The van der Waals surface area contributed by atoms with Crippen molar-refractivity contribution in [2.45, 2.75) is 25.3 Å². The van der Waals surface area contributed by atoms with Crippen molar-refractivity contribution in [3.05, 3.63) is 18.1 Å². The molecule has 6 heteroatoms. The van der Waals surface area contributed by atoms with Crippen LogP contribution < -0.4 is 16.4 Å². The molecule has 0 radical (unpaired) electrons. The molecule has 0 aliphatic carbocycles. The van der Waals surface area contributed by atoms with Gasteiger partial charge in [-0.1, -0.05) is 0 Å². The fraction of sp³-hybridized carbons (Fsp3) is 0.545. The van der Waals surface area contributed by atoms with E-state index in [0.717, 1.165) is 25.9 Å². The first-order valence-electron chi connectivity index (χ1n) is 5.70. The first kappa shape index (κ1) is 11.8. The molecular formula is C11H17N5O. The van der Waals surface area contributed by atoms with Gasteiger partial charge in [-0.05, 0) is 32.9 Å². The van der Waals surface area contributed by atoms with Crippen LogP contribution >= 0.6 is 0 Å². The summed E-state index contributed by atoms with van der Waals surface area (Å²) in [7, 11) is 0. The van der Waals surface area contributed by atoms with Crippen LogP contribution in [0.15, 0.2) is 12.4 Å². The summed E-state index contributed by atoms with van der Waals surface area (Å²) in [5.41, 5.74) is 5.41. The van der Waals surface area contributed by atoms with E-state index in [2.05, 4.69) is 27.5 Å². The van der Waals surface area contributed by atoms with Crippen LogP contribution in [-0.2, 0) is 0 Å². The molecular weight excluding hydrogens is 218 g/mol. The predicted molar refractivity (Wildman–Crippen MR) is 64.7 cm³/mol. The van der Waals surface area contributed by atoms with Gasteiger partial charge >= 0.3 is 0 Å². The van der Waals surface area contributed by atoms with Gasteiger partial charge in [0, 0.05) is 17.9 Å². The lowest BCUT2D eigenvalue weighted by Gasteiger charge is -2.35. The number of carbonyl (C=O) groups is 1. The smallest absolute Gasteiger partial charge is 0.271 e. The van der Waals surface area contributed by atoms with Gasteiger partial charge in [0.25, 0.3) is 5.91 Å². The van der Waals surface area contributed by atoms with Gasteiger partial charge in [-0.25, -0.2) is 9.97 Å². The topological polar surface area (TPSA) is 92.9 Å². The normalized spacial score (nSPS) is 18.6. The minimum Gasteiger partial charge on any atom is -0.364 e. The fourth-order valence-corrected chi connectivity index (χ4v) is 2.00. The third-order valence-corrected chi connectivity index (χ3v) is 3.06. The van der Waals surface area contributed by atoms with E-state index in [0.29, 0.717) is 5.82 Å². The van der Waals surface area contributed by atoms with Crippen molar-refractivity contribution in [1.82, 2.24) is 15.3 Å². The average Bonchev–Trinajstić information content (AvgIpc) is 2.29. The Balaban J connectivity index is 2.20. The number of primary amides is 1. The van der Waals surface area contributed by atoms with Crippen molar-refractivity contribution < 1.29 is 4.79 Å². The van der Waals surface area contributed by atoms with Gasteiger partial charge in [-0.15, -0.1) is 0 Å². The minimum absolute atomic E-state index is 0.0640. The van der Waals surface area contributed by atoms with Gasteiger partial charge in [-0.3, -0.25) is 4.79 Å². The Labute approximate surface area is 100 Å². The van der Waals surface area contributed by atoms with Gasteiger partial charge in [0.1, 0.15) is 0 Å². The van der Waals surface area contributed by atoms with Crippen LogP contribution in [0.2, 0.25) is 0 Å². The molecule has 0 spiro atoms. The van der Waals surface area contributed by atoms with Gasteiger partial charge in [0.2, 0.25) is 0 Å². The van der Waals surface area contributed by atoms with Gasteiger partial charge in [-0.2, -0.15) is 0 Å². The molecule has 4 N–H and O–H groups in total. The van der Waals surface area contributed by atoms with Crippen LogP contribution in [0.3, 0.4) is 0 Å². The lowest BCUT2D eigenvalue weighted by atomic mass is 9.90. The van der Waals surface area contributed by atoms with E-state index < -0.39 is 5.91 Å². The molecule has 1 amide bonds. The number of anilines is 1. The first-order valence-corrected chi connectivity index (χ1v) is 5.70. The zero-order valence-corrected chi connectivity index (χ0v) is 9.86. The summed E-state index contributed by atoms with van der Waals surface area (Å²) in [4.78, 5) is 19.3. The largest absolute Gasteiger partial charge is 0.364 e. The number of nitrogens with zero attached hydrogens (tertiary/aromatic N) is 2. The maximum atomic E-state index is 11.2. The number of nitrogens with one attached hydrogen (secondary N) is 2. The third kappa shape index (κ3) is 2.71. The maximum Gasteiger partial charge on any atom is 0.271 e. The molecule has 92 valence electrons. The van der Waals surface area contributed by atoms with Crippen LogP contribution in [0.25, 0.3) is 0 Å². The van der Waals surface area contributed by atoms with Gasteiger partial charge in [0.05, 0.1) is 0 Å². The van der Waals surface area contributed by atoms with E-state index in [1.807, 2.05) is 0 Å². The molecule has 2 heterocycles. The highest BCUT2D eigenvalue weighted by Gasteiger charge is 2.28. The van der Waals surface area contributed by atoms with Crippen molar-refractivity contribution in [3.8, 4) is 0 Å². The lowest BCUT2D eigenvalue weighted by molar-refractivity contribution is 0.0996. The maximum absolute atomic E-state index is 11.2. The van der Waals surface area contributed by atoms with Crippen LogP contribution in [-0.4, -0.2) is 34.5 Å². The number of carbonyl (C=O) groups excluding carboxylic acids is 1. The molecule has 1 aliphatic rings. The van der Waals surface area contributed by atoms with E-state index in [1.54, 1.807) is 6.20 Å². The molecule has 1 saturated heterocycles. The summed E-state index contributed by atoms with van der Waals surface area (Å²) in [5.74, 6) is -0.0810. The highest BCUT2D eigenvalue weighted by atomic mass is 16.1. The second kappa shape index (κ2) is 4.67. The van der Waals surface area contributed by atoms with E-state index >= 15 is 0 Å². The van der Waals surface area contributed by atoms with E-state index in [1.165, 1.54) is 6.20 Å². The van der Waals surface area contributed by atoms with E-state index in [9.17, 15) is 4.79 Å². The molecule has 0 bridgehead atoms. The standard InChI is InChI=1S/C11H17N5O/c1-11(2-4-13-5-3-11)16-10-8(9(12)17)14-6-7-15-10/h6-7,13H,2-5H2,1H3,(H2,12,17)(H,15,16). The molecule has 0 saturated carbocycles. The van der Waals surface area contributed by atoms with Gasteiger partial charge < -0.3 is 16.4 Å². The molecule has 17 heavy (non-hydrogen) atoms. The molecule has 6 nitrogen and oxygen atoms in total. The highest BCUT2D eigenvalue weighted by molar-refractivity contribution is 5.95. The molecule has 1 aromatic rings. The number of hydrogen-bond donors (Lipinski definition) is 3. The monoisotopic (exact) mass is 235 g/mol.